The van der Waals surface area contributed by atoms with Gasteiger partial charge >= 0.3 is 0 Å². The molecule has 0 atom stereocenters. The van der Waals surface area contributed by atoms with Gasteiger partial charge in [-0.05, 0) is 42.5 Å². The lowest BCUT2D eigenvalue weighted by atomic mass is 10.2. The maximum Gasteiger partial charge on any atom is 0.260 e. The number of benzene rings is 2. The summed E-state index contributed by atoms with van der Waals surface area (Å²) in [6.45, 7) is 0.301. The Morgan fingerprint density at radius 2 is 2.11 bits per heavy atom. The molecule has 4 aromatic rings. The molecular weight excluding hydrogens is 428 g/mol. The molecule has 0 N–H and O–H groups in total. The van der Waals surface area contributed by atoms with E-state index in [9.17, 15) is 4.79 Å². The number of aromatic nitrogens is 1. The molecule has 0 radical (unpaired) electrons. The molecule has 2 aromatic heterocycles. The zero-order valence-corrected chi connectivity index (χ0v) is 16.8. The van der Waals surface area contributed by atoms with Crippen LogP contribution in [0.15, 0.2) is 69.8 Å². The van der Waals surface area contributed by atoms with Crippen molar-refractivity contribution in [1.82, 2.24) is 4.98 Å². The van der Waals surface area contributed by atoms with E-state index in [-0.39, 0.29) is 5.91 Å². The Hall–Kier alpha value is -2.64. The minimum atomic E-state index is -0.140. The summed E-state index contributed by atoms with van der Waals surface area (Å²) in [4.78, 5) is 19.5. The van der Waals surface area contributed by atoms with Crippen molar-refractivity contribution in [2.24, 2.45) is 0 Å². The van der Waals surface area contributed by atoms with Crippen LogP contribution in [0.5, 0.6) is 5.75 Å². The van der Waals surface area contributed by atoms with Crippen LogP contribution in [0, 0.1) is 0 Å². The van der Waals surface area contributed by atoms with Gasteiger partial charge in [-0.3, -0.25) is 9.69 Å². The van der Waals surface area contributed by atoms with Gasteiger partial charge in [0.1, 0.15) is 11.5 Å². The Balaban J connectivity index is 1.76. The van der Waals surface area contributed by atoms with E-state index in [1.807, 2.05) is 36.4 Å². The van der Waals surface area contributed by atoms with Gasteiger partial charge in [-0.25, -0.2) is 4.98 Å². The van der Waals surface area contributed by atoms with Crippen molar-refractivity contribution in [1.29, 1.82) is 0 Å². The van der Waals surface area contributed by atoms with Crippen LogP contribution in [-0.4, -0.2) is 18.0 Å². The Labute approximate surface area is 168 Å². The second-order valence-electron chi connectivity index (χ2n) is 5.81. The highest BCUT2D eigenvalue weighted by Crippen LogP contribution is 2.33. The number of carbonyl (C=O) groups is 1. The standard InChI is InChI=1S/C20H15BrN2O3S/c1-25-15-7-8-18-17(11-15)22-20(27-18)23(12-16-6-3-9-26-16)19(24)13-4-2-5-14(21)10-13/h2-11H,12H2,1H3. The van der Waals surface area contributed by atoms with Crippen molar-refractivity contribution in [2.45, 2.75) is 6.54 Å². The summed E-state index contributed by atoms with van der Waals surface area (Å²) in [5, 5.41) is 0.611. The number of ether oxygens (including phenoxy) is 1. The van der Waals surface area contributed by atoms with E-state index in [2.05, 4.69) is 20.9 Å². The van der Waals surface area contributed by atoms with E-state index < -0.39 is 0 Å². The van der Waals surface area contributed by atoms with E-state index in [0.29, 0.717) is 23.0 Å². The highest BCUT2D eigenvalue weighted by atomic mass is 79.9. The summed E-state index contributed by atoms with van der Waals surface area (Å²) in [6, 6.07) is 16.7. The molecule has 0 unspecified atom stereocenters. The average Bonchev–Trinajstić information content (AvgIpc) is 3.34. The number of furan rings is 1. The fraction of sp³-hybridized carbons (Fsp3) is 0.100. The van der Waals surface area contributed by atoms with Gasteiger partial charge in [0.2, 0.25) is 0 Å². The zero-order valence-electron chi connectivity index (χ0n) is 14.4. The number of hydrogen-bond acceptors (Lipinski definition) is 5. The monoisotopic (exact) mass is 442 g/mol. The first-order valence-corrected chi connectivity index (χ1v) is 9.79. The zero-order chi connectivity index (χ0) is 18.8. The van der Waals surface area contributed by atoms with Gasteiger partial charge in [0.25, 0.3) is 5.91 Å². The van der Waals surface area contributed by atoms with Crippen molar-refractivity contribution in [3.63, 3.8) is 0 Å². The molecule has 0 aliphatic rings. The van der Waals surface area contributed by atoms with Crippen LogP contribution < -0.4 is 9.64 Å². The lowest BCUT2D eigenvalue weighted by Gasteiger charge is -2.19. The first-order valence-electron chi connectivity index (χ1n) is 8.18. The van der Waals surface area contributed by atoms with E-state index in [1.54, 1.807) is 36.5 Å². The predicted octanol–water partition coefficient (Wildman–Crippen LogP) is 5.51. The second kappa shape index (κ2) is 7.54. The van der Waals surface area contributed by atoms with E-state index in [1.165, 1.54) is 11.3 Å². The number of nitrogens with zero attached hydrogens (tertiary/aromatic N) is 2. The third-order valence-corrected chi connectivity index (χ3v) is 5.58. The molecule has 0 saturated carbocycles. The number of halogens is 1. The SMILES string of the molecule is COc1ccc2sc(N(Cc3ccco3)C(=O)c3cccc(Br)c3)nc2c1. The van der Waals surface area contributed by atoms with Gasteiger partial charge in [-0.2, -0.15) is 0 Å². The molecule has 0 saturated heterocycles. The van der Waals surface area contributed by atoms with Gasteiger partial charge in [0.05, 0.1) is 30.1 Å². The van der Waals surface area contributed by atoms with Crippen LogP contribution in [-0.2, 0) is 6.54 Å². The number of carbonyl (C=O) groups excluding carboxylic acids is 1. The van der Waals surface area contributed by atoms with Crippen LogP contribution in [0.2, 0.25) is 0 Å². The molecule has 2 aromatic carbocycles. The normalized spacial score (nSPS) is 10.9. The van der Waals surface area contributed by atoms with Crippen molar-refractivity contribution in [2.75, 3.05) is 12.0 Å². The second-order valence-corrected chi connectivity index (χ2v) is 7.74. The van der Waals surface area contributed by atoms with Gasteiger partial charge in [-0.15, -0.1) is 0 Å². The largest absolute Gasteiger partial charge is 0.497 e. The van der Waals surface area contributed by atoms with E-state index in [4.69, 9.17) is 9.15 Å². The number of methoxy groups -OCH3 is 1. The quantitative estimate of drug-likeness (QED) is 0.408. The molecule has 0 spiro atoms. The van der Waals surface area contributed by atoms with Crippen molar-refractivity contribution < 1.29 is 13.9 Å². The molecular formula is C20H15BrN2O3S. The maximum atomic E-state index is 13.2. The molecule has 5 nitrogen and oxygen atoms in total. The highest BCUT2D eigenvalue weighted by Gasteiger charge is 2.23. The predicted molar refractivity (Wildman–Crippen MR) is 110 cm³/mol. The molecule has 2 heterocycles. The Kier molecular flexibility index (Phi) is 4.96. The summed E-state index contributed by atoms with van der Waals surface area (Å²) < 4.78 is 12.6. The number of anilines is 1. The fourth-order valence-electron chi connectivity index (χ4n) is 2.70. The first kappa shape index (κ1) is 17.8. The van der Waals surface area contributed by atoms with Gasteiger partial charge in [0.15, 0.2) is 5.13 Å². The Morgan fingerprint density at radius 3 is 2.85 bits per heavy atom. The average molecular weight is 443 g/mol. The molecule has 136 valence electrons. The number of amides is 1. The smallest absolute Gasteiger partial charge is 0.260 e. The summed E-state index contributed by atoms with van der Waals surface area (Å²) >= 11 is 4.88. The lowest BCUT2D eigenvalue weighted by Crippen LogP contribution is -2.30. The minimum Gasteiger partial charge on any atom is -0.497 e. The first-order chi connectivity index (χ1) is 13.1. The number of hydrogen-bond donors (Lipinski definition) is 0. The fourth-order valence-corrected chi connectivity index (χ4v) is 4.04. The topological polar surface area (TPSA) is 55.6 Å². The van der Waals surface area contributed by atoms with Crippen molar-refractivity contribution >= 4 is 48.5 Å². The van der Waals surface area contributed by atoms with Crippen molar-refractivity contribution in [3.8, 4) is 5.75 Å². The number of rotatable bonds is 5. The molecule has 0 aliphatic carbocycles. The third-order valence-electron chi connectivity index (χ3n) is 4.03. The third kappa shape index (κ3) is 3.74. The van der Waals surface area contributed by atoms with E-state index >= 15 is 0 Å². The van der Waals surface area contributed by atoms with Crippen LogP contribution in [0.1, 0.15) is 16.1 Å². The summed E-state index contributed by atoms with van der Waals surface area (Å²) in [5.41, 5.74) is 1.37. The van der Waals surface area contributed by atoms with Crippen LogP contribution >= 0.6 is 27.3 Å². The summed E-state index contributed by atoms with van der Waals surface area (Å²) in [5.74, 6) is 1.28. The highest BCUT2D eigenvalue weighted by molar-refractivity contribution is 9.10. The lowest BCUT2D eigenvalue weighted by molar-refractivity contribution is 0.0983. The Bertz CT molecular complexity index is 1090. The van der Waals surface area contributed by atoms with Gasteiger partial charge in [0, 0.05) is 16.1 Å². The number of thiazole rings is 1. The van der Waals surface area contributed by atoms with Crippen LogP contribution in [0.4, 0.5) is 5.13 Å². The number of fused-ring (bicyclic) bond motifs is 1. The molecule has 1 amide bonds. The van der Waals surface area contributed by atoms with Crippen LogP contribution in [0.25, 0.3) is 10.2 Å². The molecule has 7 heteroatoms. The minimum absolute atomic E-state index is 0.140. The molecule has 0 aliphatic heterocycles. The van der Waals surface area contributed by atoms with Crippen LogP contribution in [0.3, 0.4) is 0 Å². The molecule has 4 rings (SSSR count). The molecule has 27 heavy (non-hydrogen) atoms. The maximum absolute atomic E-state index is 13.2. The summed E-state index contributed by atoms with van der Waals surface area (Å²) in [6.07, 6.45) is 1.60. The molecule has 0 bridgehead atoms. The van der Waals surface area contributed by atoms with Gasteiger partial charge in [-0.1, -0.05) is 33.3 Å². The Morgan fingerprint density at radius 1 is 1.22 bits per heavy atom. The van der Waals surface area contributed by atoms with E-state index in [0.717, 1.165) is 20.4 Å². The summed E-state index contributed by atoms with van der Waals surface area (Å²) in [7, 11) is 1.62. The van der Waals surface area contributed by atoms with Crippen molar-refractivity contribution in [3.05, 3.63) is 76.7 Å². The molecule has 0 fully saturated rings. The van der Waals surface area contributed by atoms with Gasteiger partial charge < -0.3 is 9.15 Å².